The van der Waals surface area contributed by atoms with Crippen LogP contribution in [0.1, 0.15) is 39.2 Å². The standard InChI is InChI=1S/C15H23F2N/c1-4-6-18-11-15(3,5-2)10-12-7-13(16)9-14(17)8-12/h7-9,18H,4-6,10-11H2,1-3H3. The summed E-state index contributed by atoms with van der Waals surface area (Å²) in [6.45, 7) is 8.24. The molecule has 1 N–H and O–H groups in total. The molecule has 0 spiro atoms. The number of rotatable bonds is 7. The predicted octanol–water partition coefficient (Wildman–Crippen LogP) is 3.92. The van der Waals surface area contributed by atoms with E-state index in [1.54, 1.807) is 0 Å². The average Bonchev–Trinajstić information content (AvgIpc) is 2.28. The van der Waals surface area contributed by atoms with E-state index in [-0.39, 0.29) is 5.41 Å². The summed E-state index contributed by atoms with van der Waals surface area (Å²) >= 11 is 0. The molecule has 0 aliphatic heterocycles. The van der Waals surface area contributed by atoms with Crippen molar-refractivity contribution < 1.29 is 8.78 Å². The third kappa shape index (κ3) is 4.73. The van der Waals surface area contributed by atoms with E-state index in [2.05, 4.69) is 26.1 Å². The van der Waals surface area contributed by atoms with E-state index in [1.807, 2.05) is 0 Å². The Morgan fingerprint density at radius 2 is 1.72 bits per heavy atom. The SMILES string of the molecule is CCCNCC(C)(CC)Cc1cc(F)cc(F)c1. The van der Waals surface area contributed by atoms with Gasteiger partial charge in [0.2, 0.25) is 0 Å². The van der Waals surface area contributed by atoms with Crippen LogP contribution in [0.5, 0.6) is 0 Å². The predicted molar refractivity (Wildman–Crippen MR) is 71.6 cm³/mol. The first-order valence-electron chi connectivity index (χ1n) is 6.65. The van der Waals surface area contributed by atoms with Crippen LogP contribution in [0.25, 0.3) is 0 Å². The van der Waals surface area contributed by atoms with Crippen molar-refractivity contribution in [3.8, 4) is 0 Å². The van der Waals surface area contributed by atoms with Gasteiger partial charge >= 0.3 is 0 Å². The zero-order chi connectivity index (χ0) is 13.6. The molecule has 102 valence electrons. The Morgan fingerprint density at radius 3 is 2.22 bits per heavy atom. The van der Waals surface area contributed by atoms with E-state index in [4.69, 9.17) is 0 Å². The first kappa shape index (κ1) is 15.1. The monoisotopic (exact) mass is 255 g/mol. The number of hydrogen-bond donors (Lipinski definition) is 1. The van der Waals surface area contributed by atoms with Gasteiger partial charge in [-0.3, -0.25) is 0 Å². The van der Waals surface area contributed by atoms with E-state index >= 15 is 0 Å². The summed E-state index contributed by atoms with van der Waals surface area (Å²) < 4.78 is 26.3. The maximum atomic E-state index is 13.2. The van der Waals surface area contributed by atoms with Crippen molar-refractivity contribution >= 4 is 0 Å². The molecule has 0 saturated heterocycles. The lowest BCUT2D eigenvalue weighted by atomic mass is 9.81. The molecule has 0 aromatic heterocycles. The summed E-state index contributed by atoms with van der Waals surface area (Å²) in [6.07, 6.45) is 2.76. The Kier molecular flexibility index (Phi) is 5.73. The fourth-order valence-corrected chi connectivity index (χ4v) is 2.09. The molecule has 3 heteroatoms. The van der Waals surface area contributed by atoms with E-state index in [0.717, 1.165) is 37.6 Å². The number of benzene rings is 1. The summed E-state index contributed by atoms with van der Waals surface area (Å²) in [5.74, 6) is -0.991. The van der Waals surface area contributed by atoms with Crippen molar-refractivity contribution in [3.05, 3.63) is 35.4 Å². The van der Waals surface area contributed by atoms with Crippen LogP contribution in [-0.2, 0) is 6.42 Å². The third-order valence-electron chi connectivity index (χ3n) is 3.39. The molecule has 0 aliphatic rings. The van der Waals surface area contributed by atoms with Crippen LogP contribution in [0.4, 0.5) is 8.78 Å². The maximum Gasteiger partial charge on any atom is 0.126 e. The van der Waals surface area contributed by atoms with Crippen molar-refractivity contribution in [2.24, 2.45) is 5.41 Å². The first-order chi connectivity index (χ1) is 8.49. The quantitative estimate of drug-likeness (QED) is 0.728. The Morgan fingerprint density at radius 1 is 1.11 bits per heavy atom. The second kappa shape index (κ2) is 6.83. The molecule has 1 aromatic carbocycles. The normalized spacial score (nSPS) is 14.5. The van der Waals surface area contributed by atoms with Crippen molar-refractivity contribution in [1.82, 2.24) is 5.32 Å². The molecule has 0 aliphatic carbocycles. The highest BCUT2D eigenvalue weighted by molar-refractivity contribution is 5.19. The Hall–Kier alpha value is -0.960. The number of nitrogens with one attached hydrogen (secondary N) is 1. The van der Waals surface area contributed by atoms with Gasteiger partial charge in [-0.15, -0.1) is 0 Å². The Balaban J connectivity index is 2.71. The topological polar surface area (TPSA) is 12.0 Å². The minimum atomic E-state index is -0.495. The second-order valence-corrected chi connectivity index (χ2v) is 5.30. The van der Waals surface area contributed by atoms with Crippen molar-refractivity contribution in [2.75, 3.05) is 13.1 Å². The van der Waals surface area contributed by atoms with E-state index < -0.39 is 11.6 Å². The maximum absolute atomic E-state index is 13.2. The van der Waals surface area contributed by atoms with Crippen molar-refractivity contribution in [2.45, 2.75) is 40.0 Å². The largest absolute Gasteiger partial charge is 0.316 e. The molecule has 0 amide bonds. The van der Waals surface area contributed by atoms with Gasteiger partial charge in [0.05, 0.1) is 0 Å². The van der Waals surface area contributed by atoms with E-state index in [1.165, 1.54) is 12.1 Å². The smallest absolute Gasteiger partial charge is 0.126 e. The minimum absolute atomic E-state index is 0.0371. The van der Waals surface area contributed by atoms with Crippen molar-refractivity contribution in [3.63, 3.8) is 0 Å². The molecule has 0 heterocycles. The zero-order valence-electron chi connectivity index (χ0n) is 11.5. The molecule has 1 aromatic rings. The minimum Gasteiger partial charge on any atom is -0.316 e. The van der Waals surface area contributed by atoms with Gasteiger partial charge in [0, 0.05) is 12.6 Å². The van der Waals surface area contributed by atoms with Gasteiger partial charge in [0.1, 0.15) is 11.6 Å². The highest BCUT2D eigenvalue weighted by atomic mass is 19.1. The number of hydrogen-bond acceptors (Lipinski definition) is 1. The van der Waals surface area contributed by atoms with Crippen LogP contribution in [-0.4, -0.2) is 13.1 Å². The van der Waals surface area contributed by atoms with Crippen LogP contribution in [0.2, 0.25) is 0 Å². The lowest BCUT2D eigenvalue weighted by Crippen LogP contribution is -2.33. The second-order valence-electron chi connectivity index (χ2n) is 5.30. The summed E-state index contributed by atoms with van der Waals surface area (Å²) in [4.78, 5) is 0. The molecule has 1 atom stereocenters. The molecule has 0 fully saturated rings. The van der Waals surface area contributed by atoms with E-state index in [9.17, 15) is 8.78 Å². The molecule has 18 heavy (non-hydrogen) atoms. The Labute approximate surface area is 109 Å². The molecule has 1 nitrogen and oxygen atoms in total. The van der Waals surface area contributed by atoms with Gasteiger partial charge in [-0.25, -0.2) is 8.78 Å². The molecule has 1 rings (SSSR count). The van der Waals surface area contributed by atoms with E-state index in [0.29, 0.717) is 6.42 Å². The van der Waals surface area contributed by atoms with Crippen LogP contribution in [0.3, 0.4) is 0 Å². The lowest BCUT2D eigenvalue weighted by molar-refractivity contribution is 0.290. The summed E-state index contributed by atoms with van der Waals surface area (Å²) in [7, 11) is 0. The highest BCUT2D eigenvalue weighted by Gasteiger charge is 2.22. The third-order valence-corrected chi connectivity index (χ3v) is 3.39. The van der Waals surface area contributed by atoms with Gasteiger partial charge in [-0.05, 0) is 48.9 Å². The van der Waals surface area contributed by atoms with Crippen LogP contribution >= 0.6 is 0 Å². The molecular formula is C15H23F2N. The zero-order valence-corrected chi connectivity index (χ0v) is 11.5. The molecule has 1 unspecified atom stereocenters. The van der Waals surface area contributed by atoms with Crippen LogP contribution in [0.15, 0.2) is 18.2 Å². The highest BCUT2D eigenvalue weighted by Crippen LogP contribution is 2.26. The van der Waals surface area contributed by atoms with Crippen LogP contribution in [0, 0.1) is 17.0 Å². The molecular weight excluding hydrogens is 232 g/mol. The fourth-order valence-electron chi connectivity index (χ4n) is 2.09. The van der Waals surface area contributed by atoms with Gasteiger partial charge in [0.15, 0.2) is 0 Å². The molecule has 0 bridgehead atoms. The fraction of sp³-hybridized carbons (Fsp3) is 0.600. The van der Waals surface area contributed by atoms with Crippen LogP contribution < -0.4 is 5.32 Å². The van der Waals surface area contributed by atoms with Gasteiger partial charge < -0.3 is 5.32 Å². The Bertz CT molecular complexity index is 359. The van der Waals surface area contributed by atoms with Gasteiger partial charge in [-0.1, -0.05) is 20.8 Å². The van der Waals surface area contributed by atoms with Gasteiger partial charge in [-0.2, -0.15) is 0 Å². The van der Waals surface area contributed by atoms with Crippen molar-refractivity contribution in [1.29, 1.82) is 0 Å². The average molecular weight is 255 g/mol. The molecule has 0 radical (unpaired) electrons. The lowest BCUT2D eigenvalue weighted by Gasteiger charge is -2.29. The summed E-state index contributed by atoms with van der Waals surface area (Å²) in [6, 6.07) is 3.77. The van der Waals surface area contributed by atoms with Gasteiger partial charge in [0.25, 0.3) is 0 Å². The first-order valence-corrected chi connectivity index (χ1v) is 6.65. The molecule has 0 saturated carbocycles. The summed E-state index contributed by atoms with van der Waals surface area (Å²) in [5.41, 5.74) is 0.769. The number of halogens is 2. The summed E-state index contributed by atoms with van der Waals surface area (Å²) in [5, 5.41) is 3.39.